The third-order valence-corrected chi connectivity index (χ3v) is 3.39. The van der Waals surface area contributed by atoms with Crippen molar-refractivity contribution >= 4 is 17.9 Å². The van der Waals surface area contributed by atoms with Crippen LogP contribution in [0.4, 0.5) is 11.6 Å². The second kappa shape index (κ2) is 7.26. The summed E-state index contributed by atoms with van der Waals surface area (Å²) in [5.41, 5.74) is 3.45. The summed E-state index contributed by atoms with van der Waals surface area (Å²) in [5, 5.41) is 24.1. The molecule has 0 saturated heterocycles. The number of aromatic hydroxyl groups is 1. The maximum atomic E-state index is 11.8. The summed E-state index contributed by atoms with van der Waals surface area (Å²) in [6, 6.07) is 14.4. The molecule has 130 valence electrons. The average molecular weight is 351 g/mol. The molecule has 0 unspecified atom stereocenters. The molecule has 3 N–H and O–H groups in total. The lowest BCUT2D eigenvalue weighted by atomic mass is 10.1. The number of rotatable bonds is 5. The van der Waals surface area contributed by atoms with E-state index in [1.54, 1.807) is 0 Å². The Bertz CT molecular complexity index is 1030. The van der Waals surface area contributed by atoms with Gasteiger partial charge >= 0.3 is 5.69 Å². The molecule has 0 saturated carbocycles. The van der Waals surface area contributed by atoms with Crippen molar-refractivity contribution in [2.75, 3.05) is 5.43 Å². The van der Waals surface area contributed by atoms with Crippen LogP contribution in [0.1, 0.15) is 5.56 Å². The SMILES string of the molecule is O=c1cc(-c2ccccc2)nc(N/N=C/c2ccc(O)c([N+](=O)[O-])c2)[nH]1. The molecule has 0 aliphatic rings. The summed E-state index contributed by atoms with van der Waals surface area (Å²) in [7, 11) is 0. The molecule has 0 aliphatic carbocycles. The highest BCUT2D eigenvalue weighted by atomic mass is 16.6. The summed E-state index contributed by atoms with van der Waals surface area (Å²) >= 11 is 0. The number of aromatic amines is 1. The molecule has 0 aliphatic heterocycles. The smallest absolute Gasteiger partial charge is 0.311 e. The molecule has 0 fully saturated rings. The number of hydrogen-bond donors (Lipinski definition) is 3. The van der Waals surface area contributed by atoms with Gasteiger partial charge in [0, 0.05) is 23.3 Å². The summed E-state index contributed by atoms with van der Waals surface area (Å²) in [6.45, 7) is 0. The highest BCUT2D eigenvalue weighted by molar-refractivity contribution is 5.82. The quantitative estimate of drug-likeness (QED) is 0.367. The largest absolute Gasteiger partial charge is 0.502 e. The Kier molecular flexibility index (Phi) is 4.70. The summed E-state index contributed by atoms with van der Waals surface area (Å²) in [6.07, 6.45) is 1.31. The van der Waals surface area contributed by atoms with Gasteiger partial charge in [0.2, 0.25) is 5.95 Å². The number of nitro benzene ring substituents is 1. The van der Waals surface area contributed by atoms with E-state index in [0.717, 1.165) is 5.56 Å². The lowest BCUT2D eigenvalue weighted by Gasteiger charge is -2.03. The van der Waals surface area contributed by atoms with Crippen LogP contribution in [0.3, 0.4) is 0 Å². The summed E-state index contributed by atoms with van der Waals surface area (Å²) < 4.78 is 0. The Morgan fingerprint density at radius 2 is 1.96 bits per heavy atom. The molecule has 3 aromatic rings. The molecule has 1 heterocycles. The number of nitrogens with zero attached hydrogens (tertiary/aromatic N) is 3. The topological polar surface area (TPSA) is 134 Å². The second-order valence-corrected chi connectivity index (χ2v) is 5.22. The number of nitro groups is 1. The van der Waals surface area contributed by atoms with Crippen LogP contribution in [0.25, 0.3) is 11.3 Å². The van der Waals surface area contributed by atoms with Crippen molar-refractivity contribution in [1.82, 2.24) is 9.97 Å². The number of nitrogens with one attached hydrogen (secondary N) is 2. The van der Waals surface area contributed by atoms with E-state index < -0.39 is 16.4 Å². The Labute approximate surface area is 146 Å². The average Bonchev–Trinajstić information content (AvgIpc) is 2.63. The summed E-state index contributed by atoms with van der Waals surface area (Å²) in [4.78, 5) is 28.7. The lowest BCUT2D eigenvalue weighted by molar-refractivity contribution is -0.385. The Balaban J connectivity index is 1.81. The number of H-pyrrole nitrogens is 1. The molecule has 0 spiro atoms. The van der Waals surface area contributed by atoms with Crippen molar-refractivity contribution in [3.8, 4) is 17.0 Å². The van der Waals surface area contributed by atoms with Crippen LogP contribution >= 0.6 is 0 Å². The van der Waals surface area contributed by atoms with E-state index in [4.69, 9.17) is 0 Å². The maximum absolute atomic E-state index is 11.8. The maximum Gasteiger partial charge on any atom is 0.311 e. The molecule has 2 aromatic carbocycles. The van der Waals surface area contributed by atoms with E-state index in [0.29, 0.717) is 11.3 Å². The lowest BCUT2D eigenvalue weighted by Crippen LogP contribution is -2.10. The molecule has 0 radical (unpaired) electrons. The zero-order chi connectivity index (χ0) is 18.5. The van der Waals surface area contributed by atoms with Gasteiger partial charge in [-0.2, -0.15) is 5.10 Å². The fourth-order valence-electron chi connectivity index (χ4n) is 2.20. The van der Waals surface area contributed by atoms with Gasteiger partial charge in [-0.1, -0.05) is 30.3 Å². The first-order chi connectivity index (χ1) is 12.5. The number of anilines is 1. The number of hydrazone groups is 1. The zero-order valence-corrected chi connectivity index (χ0v) is 13.3. The molecule has 0 amide bonds. The minimum atomic E-state index is -0.692. The molecule has 26 heavy (non-hydrogen) atoms. The van der Waals surface area contributed by atoms with Gasteiger partial charge in [0.05, 0.1) is 16.8 Å². The number of phenolic OH excluding ortho intramolecular Hbond substituents is 1. The van der Waals surface area contributed by atoms with Crippen LogP contribution in [0.2, 0.25) is 0 Å². The second-order valence-electron chi connectivity index (χ2n) is 5.22. The molecule has 0 atom stereocenters. The molecular formula is C17H13N5O4. The van der Waals surface area contributed by atoms with Gasteiger partial charge in [-0.3, -0.25) is 19.9 Å². The first kappa shape index (κ1) is 16.8. The van der Waals surface area contributed by atoms with Crippen LogP contribution in [0, 0.1) is 10.1 Å². The molecule has 0 bridgehead atoms. The molecule has 1 aromatic heterocycles. The standard InChI is InChI=1S/C17H13N5O4/c23-15-7-6-11(8-14(15)22(25)26)10-18-21-17-19-13(9-16(24)20-17)12-4-2-1-3-5-12/h1-10,23H,(H2,19,20,21,24)/b18-10+. The third-order valence-electron chi connectivity index (χ3n) is 3.39. The van der Waals surface area contributed by atoms with Crippen molar-refractivity contribution in [3.05, 3.63) is 80.6 Å². The fraction of sp³-hybridized carbons (Fsp3) is 0. The van der Waals surface area contributed by atoms with E-state index in [-0.39, 0.29) is 11.5 Å². The van der Waals surface area contributed by atoms with E-state index in [9.17, 15) is 20.0 Å². The number of phenols is 1. The van der Waals surface area contributed by atoms with Gasteiger partial charge in [0.1, 0.15) is 0 Å². The van der Waals surface area contributed by atoms with Crippen molar-refractivity contribution < 1.29 is 10.0 Å². The highest BCUT2D eigenvalue weighted by Gasteiger charge is 2.12. The Morgan fingerprint density at radius 3 is 2.69 bits per heavy atom. The highest BCUT2D eigenvalue weighted by Crippen LogP contribution is 2.25. The van der Waals surface area contributed by atoms with Crippen LogP contribution in [-0.2, 0) is 0 Å². The Morgan fingerprint density at radius 1 is 1.19 bits per heavy atom. The van der Waals surface area contributed by atoms with E-state index >= 15 is 0 Å². The zero-order valence-electron chi connectivity index (χ0n) is 13.3. The Hall–Kier alpha value is -4.01. The monoisotopic (exact) mass is 351 g/mol. The summed E-state index contributed by atoms with van der Waals surface area (Å²) in [5.74, 6) is -0.303. The minimum Gasteiger partial charge on any atom is -0.502 e. The minimum absolute atomic E-state index is 0.126. The van der Waals surface area contributed by atoms with Gasteiger partial charge in [0.25, 0.3) is 5.56 Å². The van der Waals surface area contributed by atoms with E-state index in [2.05, 4.69) is 20.5 Å². The van der Waals surface area contributed by atoms with E-state index in [1.165, 1.54) is 30.5 Å². The van der Waals surface area contributed by atoms with Crippen molar-refractivity contribution in [2.45, 2.75) is 0 Å². The molecule has 3 rings (SSSR count). The van der Waals surface area contributed by atoms with Crippen LogP contribution in [0.5, 0.6) is 5.75 Å². The predicted molar refractivity (Wildman–Crippen MR) is 96.3 cm³/mol. The normalized spacial score (nSPS) is 10.8. The number of aromatic nitrogens is 2. The van der Waals surface area contributed by atoms with Crippen LogP contribution in [-0.4, -0.2) is 26.2 Å². The first-order valence-corrected chi connectivity index (χ1v) is 7.46. The molecule has 9 heteroatoms. The number of hydrogen-bond acceptors (Lipinski definition) is 7. The van der Waals surface area contributed by atoms with Crippen molar-refractivity contribution in [3.63, 3.8) is 0 Å². The third kappa shape index (κ3) is 3.90. The van der Waals surface area contributed by atoms with E-state index in [1.807, 2.05) is 30.3 Å². The predicted octanol–water partition coefficient (Wildman–Crippen LogP) is 2.50. The van der Waals surface area contributed by atoms with Crippen LogP contribution in [0.15, 0.2) is 64.5 Å². The van der Waals surface area contributed by atoms with Gasteiger partial charge in [-0.05, 0) is 12.1 Å². The van der Waals surface area contributed by atoms with Gasteiger partial charge in [0.15, 0.2) is 5.75 Å². The fourth-order valence-corrected chi connectivity index (χ4v) is 2.20. The van der Waals surface area contributed by atoms with Gasteiger partial charge in [-0.15, -0.1) is 0 Å². The van der Waals surface area contributed by atoms with Crippen molar-refractivity contribution in [1.29, 1.82) is 0 Å². The van der Waals surface area contributed by atoms with Crippen LogP contribution < -0.4 is 11.0 Å². The van der Waals surface area contributed by atoms with Crippen molar-refractivity contribution in [2.24, 2.45) is 5.10 Å². The number of benzene rings is 2. The van der Waals surface area contributed by atoms with Gasteiger partial charge < -0.3 is 5.11 Å². The van der Waals surface area contributed by atoms with Gasteiger partial charge in [-0.25, -0.2) is 10.4 Å². The molecule has 9 nitrogen and oxygen atoms in total. The molecular weight excluding hydrogens is 338 g/mol. The first-order valence-electron chi connectivity index (χ1n) is 7.46.